The number of allylic oxidation sites excluding steroid dienone is 1. The first-order valence-corrected chi connectivity index (χ1v) is 9.71. The SMILES string of the molecule is Cc1cc(C)c2[nH]c(=O)c([C@H]3C(C#N)=C(N)Oc4c3ccc3ccccc43)cc2c1. The van der Waals surface area contributed by atoms with E-state index in [0.29, 0.717) is 11.3 Å². The fourth-order valence-corrected chi connectivity index (χ4v) is 4.42. The molecule has 30 heavy (non-hydrogen) atoms. The van der Waals surface area contributed by atoms with Crippen molar-refractivity contribution in [2.45, 2.75) is 19.8 Å². The highest BCUT2D eigenvalue weighted by atomic mass is 16.5. The highest BCUT2D eigenvalue weighted by molar-refractivity contribution is 5.91. The fourth-order valence-electron chi connectivity index (χ4n) is 4.42. The quantitative estimate of drug-likeness (QED) is 0.497. The van der Waals surface area contributed by atoms with Crippen molar-refractivity contribution in [3.05, 3.63) is 98.7 Å². The molecule has 0 amide bonds. The van der Waals surface area contributed by atoms with Gasteiger partial charge in [0.05, 0.1) is 11.4 Å². The number of hydrogen-bond acceptors (Lipinski definition) is 4. The van der Waals surface area contributed by atoms with Gasteiger partial charge in [-0.15, -0.1) is 0 Å². The van der Waals surface area contributed by atoms with Gasteiger partial charge in [-0.05, 0) is 42.3 Å². The van der Waals surface area contributed by atoms with Crippen molar-refractivity contribution in [2.24, 2.45) is 5.73 Å². The molecule has 0 radical (unpaired) electrons. The summed E-state index contributed by atoms with van der Waals surface area (Å²) in [4.78, 5) is 16.2. The summed E-state index contributed by atoms with van der Waals surface area (Å²) >= 11 is 0. The van der Waals surface area contributed by atoms with Crippen molar-refractivity contribution >= 4 is 21.7 Å². The predicted octanol–water partition coefficient (Wildman–Crippen LogP) is 4.52. The van der Waals surface area contributed by atoms with Crippen LogP contribution in [0.15, 0.2) is 70.8 Å². The second-order valence-electron chi connectivity index (χ2n) is 7.73. The molecule has 0 aliphatic carbocycles. The number of hydrogen-bond donors (Lipinski definition) is 2. The number of aromatic nitrogens is 1. The highest BCUT2D eigenvalue weighted by Crippen LogP contribution is 2.44. The van der Waals surface area contributed by atoms with Gasteiger partial charge in [0.1, 0.15) is 17.4 Å². The van der Waals surface area contributed by atoms with Crippen LogP contribution >= 0.6 is 0 Å². The van der Waals surface area contributed by atoms with Gasteiger partial charge in [-0.25, -0.2) is 0 Å². The smallest absolute Gasteiger partial charge is 0.252 e. The Labute approximate surface area is 173 Å². The Balaban J connectivity index is 1.84. The van der Waals surface area contributed by atoms with E-state index < -0.39 is 5.92 Å². The van der Waals surface area contributed by atoms with Gasteiger partial charge in [0, 0.05) is 16.5 Å². The van der Waals surface area contributed by atoms with Crippen molar-refractivity contribution in [2.75, 3.05) is 0 Å². The van der Waals surface area contributed by atoms with Crippen LogP contribution in [0.2, 0.25) is 0 Å². The second-order valence-corrected chi connectivity index (χ2v) is 7.73. The van der Waals surface area contributed by atoms with Crippen LogP contribution in [0, 0.1) is 25.2 Å². The van der Waals surface area contributed by atoms with Crippen molar-refractivity contribution in [3.63, 3.8) is 0 Å². The van der Waals surface area contributed by atoms with Crippen LogP contribution < -0.4 is 16.0 Å². The molecule has 0 saturated heterocycles. The van der Waals surface area contributed by atoms with E-state index >= 15 is 0 Å². The molecule has 1 atom stereocenters. The third-order valence-electron chi connectivity index (χ3n) is 5.74. The number of fused-ring (bicyclic) bond motifs is 4. The molecule has 0 fully saturated rings. The predicted molar refractivity (Wildman–Crippen MR) is 117 cm³/mol. The average Bonchev–Trinajstić information content (AvgIpc) is 2.73. The average molecular weight is 393 g/mol. The molecule has 3 aromatic carbocycles. The van der Waals surface area contributed by atoms with Gasteiger partial charge in [0.25, 0.3) is 5.56 Å². The van der Waals surface area contributed by atoms with Gasteiger partial charge < -0.3 is 15.5 Å². The molecular formula is C25H19N3O2. The van der Waals surface area contributed by atoms with Crippen LogP contribution in [0.3, 0.4) is 0 Å². The number of nitriles is 1. The number of nitrogens with one attached hydrogen (secondary N) is 1. The number of ether oxygens (including phenoxy) is 1. The molecule has 5 rings (SSSR count). The summed E-state index contributed by atoms with van der Waals surface area (Å²) in [6.07, 6.45) is 0. The molecular weight excluding hydrogens is 374 g/mol. The Kier molecular flexibility index (Phi) is 3.90. The maximum Gasteiger partial charge on any atom is 0.252 e. The summed E-state index contributed by atoms with van der Waals surface area (Å²) in [6, 6.07) is 19.8. The van der Waals surface area contributed by atoms with Crippen LogP contribution in [0.1, 0.15) is 28.2 Å². The van der Waals surface area contributed by atoms with Gasteiger partial charge >= 0.3 is 0 Å². The van der Waals surface area contributed by atoms with E-state index in [9.17, 15) is 10.1 Å². The Bertz CT molecular complexity index is 1490. The molecule has 2 heterocycles. The Morgan fingerprint density at radius 3 is 2.63 bits per heavy atom. The van der Waals surface area contributed by atoms with E-state index in [1.807, 2.05) is 68.4 Å². The normalized spacial score (nSPS) is 15.7. The van der Waals surface area contributed by atoms with Gasteiger partial charge in [-0.1, -0.05) is 48.0 Å². The summed E-state index contributed by atoms with van der Waals surface area (Å²) < 4.78 is 5.89. The second kappa shape index (κ2) is 6.50. The number of H-pyrrole nitrogens is 1. The minimum Gasteiger partial charge on any atom is -0.440 e. The summed E-state index contributed by atoms with van der Waals surface area (Å²) in [5, 5.41) is 12.7. The first-order chi connectivity index (χ1) is 14.5. The van der Waals surface area contributed by atoms with Crippen molar-refractivity contribution in [1.29, 1.82) is 5.26 Å². The molecule has 5 heteroatoms. The molecule has 3 N–H and O–H groups in total. The van der Waals surface area contributed by atoms with Crippen LogP contribution in [-0.4, -0.2) is 4.98 Å². The van der Waals surface area contributed by atoms with Gasteiger partial charge in [0.2, 0.25) is 5.88 Å². The zero-order valence-electron chi connectivity index (χ0n) is 16.6. The van der Waals surface area contributed by atoms with Crippen LogP contribution in [0.4, 0.5) is 0 Å². The lowest BCUT2D eigenvalue weighted by atomic mass is 9.82. The molecule has 0 unspecified atom stereocenters. The van der Waals surface area contributed by atoms with E-state index in [4.69, 9.17) is 10.5 Å². The zero-order chi connectivity index (χ0) is 21.0. The highest BCUT2D eigenvalue weighted by Gasteiger charge is 2.33. The van der Waals surface area contributed by atoms with E-state index in [-0.39, 0.29) is 17.0 Å². The van der Waals surface area contributed by atoms with Crippen LogP contribution in [-0.2, 0) is 0 Å². The summed E-state index contributed by atoms with van der Waals surface area (Å²) in [5.41, 5.74) is 10.3. The molecule has 146 valence electrons. The molecule has 5 nitrogen and oxygen atoms in total. The Hall–Kier alpha value is -4.04. The lowest BCUT2D eigenvalue weighted by molar-refractivity contribution is 0.398. The van der Waals surface area contributed by atoms with Gasteiger partial charge in [-0.2, -0.15) is 5.26 Å². The van der Waals surface area contributed by atoms with E-state index in [2.05, 4.69) is 11.1 Å². The monoisotopic (exact) mass is 393 g/mol. The minimum atomic E-state index is -0.600. The summed E-state index contributed by atoms with van der Waals surface area (Å²) in [6.45, 7) is 3.99. The number of benzene rings is 3. The molecule has 0 saturated carbocycles. The lowest BCUT2D eigenvalue weighted by Gasteiger charge is -2.27. The van der Waals surface area contributed by atoms with Crippen molar-refractivity contribution in [1.82, 2.24) is 4.98 Å². The number of nitrogens with zero attached hydrogens (tertiary/aromatic N) is 1. The Morgan fingerprint density at radius 2 is 1.83 bits per heavy atom. The van der Waals surface area contributed by atoms with E-state index in [1.165, 1.54) is 0 Å². The number of aryl methyl sites for hydroxylation is 2. The fraction of sp³-hybridized carbons (Fsp3) is 0.120. The molecule has 0 bridgehead atoms. The zero-order valence-corrected chi connectivity index (χ0v) is 16.6. The van der Waals surface area contributed by atoms with Gasteiger partial charge in [-0.3, -0.25) is 4.79 Å². The number of pyridine rings is 1. The van der Waals surface area contributed by atoms with Crippen LogP contribution in [0.25, 0.3) is 21.7 Å². The van der Waals surface area contributed by atoms with Gasteiger partial charge in [0.15, 0.2) is 0 Å². The lowest BCUT2D eigenvalue weighted by Crippen LogP contribution is -2.25. The number of nitrogens with two attached hydrogens (primary N) is 1. The molecule has 0 spiro atoms. The third-order valence-corrected chi connectivity index (χ3v) is 5.74. The summed E-state index contributed by atoms with van der Waals surface area (Å²) in [5.74, 6) is 0.0260. The molecule has 1 aliphatic heterocycles. The van der Waals surface area contributed by atoms with Crippen molar-refractivity contribution < 1.29 is 4.74 Å². The maximum atomic E-state index is 13.1. The minimum absolute atomic E-state index is 0.0336. The summed E-state index contributed by atoms with van der Waals surface area (Å²) in [7, 11) is 0. The Morgan fingerprint density at radius 1 is 1.03 bits per heavy atom. The molecule has 1 aromatic heterocycles. The van der Waals surface area contributed by atoms with Crippen molar-refractivity contribution in [3.8, 4) is 11.8 Å². The van der Waals surface area contributed by atoms with E-state index in [1.54, 1.807) is 0 Å². The third kappa shape index (κ3) is 2.58. The largest absolute Gasteiger partial charge is 0.440 e. The molecule has 4 aromatic rings. The first-order valence-electron chi connectivity index (χ1n) is 9.71. The number of aromatic amines is 1. The standard InChI is InChI=1S/C25H19N3O2/c1-13-9-14(2)22-16(10-13)11-19(25(29)28-22)21-18-8-7-15-5-3-4-6-17(15)23(18)30-24(27)20(21)12-26/h3-11,21H,27H2,1-2H3,(H,28,29)/t21-/m0/s1. The van der Waals surface area contributed by atoms with E-state index in [0.717, 1.165) is 38.4 Å². The first kappa shape index (κ1) is 18.0. The molecule has 1 aliphatic rings. The number of rotatable bonds is 1. The topological polar surface area (TPSA) is 91.9 Å². The van der Waals surface area contributed by atoms with Crippen LogP contribution in [0.5, 0.6) is 5.75 Å². The maximum absolute atomic E-state index is 13.1.